The molecule has 0 bridgehead atoms. The lowest BCUT2D eigenvalue weighted by Gasteiger charge is -2.12. The second-order valence-corrected chi connectivity index (χ2v) is 4.78. The van der Waals surface area contributed by atoms with E-state index in [0.29, 0.717) is 13.0 Å². The number of carbonyl (C=O) groups excluding carboxylic acids is 1. The van der Waals surface area contributed by atoms with E-state index < -0.39 is 0 Å². The zero-order valence-electron chi connectivity index (χ0n) is 10.7. The van der Waals surface area contributed by atoms with E-state index in [9.17, 15) is 4.79 Å². The maximum absolute atomic E-state index is 11.9. The van der Waals surface area contributed by atoms with E-state index in [0.717, 1.165) is 0 Å². The molecule has 1 radical (unpaired) electrons. The molecule has 1 aliphatic rings. The summed E-state index contributed by atoms with van der Waals surface area (Å²) in [6.07, 6.45) is 0.490. The zero-order valence-corrected chi connectivity index (χ0v) is 10.7. The van der Waals surface area contributed by atoms with Crippen molar-refractivity contribution in [3.8, 4) is 11.1 Å². The van der Waals surface area contributed by atoms with Crippen molar-refractivity contribution >= 4 is 5.91 Å². The Bertz CT molecular complexity index is 573. The SMILES string of the molecule is [CH2]CNC(=O)CC1c2ccccc2-c2ccccc21. The maximum Gasteiger partial charge on any atom is 0.220 e. The highest BCUT2D eigenvalue weighted by Gasteiger charge is 2.29. The third-order valence-electron chi connectivity index (χ3n) is 3.67. The van der Waals surface area contributed by atoms with Crippen LogP contribution >= 0.6 is 0 Å². The summed E-state index contributed by atoms with van der Waals surface area (Å²) >= 11 is 0. The van der Waals surface area contributed by atoms with Crippen LogP contribution in [0.25, 0.3) is 11.1 Å². The van der Waals surface area contributed by atoms with E-state index in [1.807, 2.05) is 24.3 Å². The summed E-state index contributed by atoms with van der Waals surface area (Å²) in [5.41, 5.74) is 5.02. The van der Waals surface area contributed by atoms with Crippen molar-refractivity contribution in [3.63, 3.8) is 0 Å². The molecule has 95 valence electrons. The second kappa shape index (κ2) is 4.88. The van der Waals surface area contributed by atoms with Crippen LogP contribution in [-0.2, 0) is 4.79 Å². The Labute approximate surface area is 113 Å². The molecule has 0 saturated carbocycles. The van der Waals surface area contributed by atoms with Gasteiger partial charge in [-0.3, -0.25) is 4.79 Å². The van der Waals surface area contributed by atoms with Crippen LogP contribution in [-0.4, -0.2) is 12.5 Å². The smallest absolute Gasteiger partial charge is 0.220 e. The molecule has 0 aliphatic heterocycles. The fourth-order valence-electron chi connectivity index (χ4n) is 2.88. The van der Waals surface area contributed by atoms with Crippen LogP contribution in [0.15, 0.2) is 48.5 Å². The maximum atomic E-state index is 11.9. The Kier molecular flexibility index (Phi) is 3.08. The highest BCUT2D eigenvalue weighted by Crippen LogP contribution is 2.45. The van der Waals surface area contributed by atoms with Crippen molar-refractivity contribution in [1.29, 1.82) is 0 Å². The first-order valence-corrected chi connectivity index (χ1v) is 6.55. The molecule has 1 amide bonds. The molecular weight excluding hydrogens is 234 g/mol. The Balaban J connectivity index is 2.02. The lowest BCUT2D eigenvalue weighted by Crippen LogP contribution is -2.24. The monoisotopic (exact) mass is 250 g/mol. The summed E-state index contributed by atoms with van der Waals surface area (Å²) in [4.78, 5) is 11.9. The number of hydrogen-bond acceptors (Lipinski definition) is 1. The van der Waals surface area contributed by atoms with Crippen molar-refractivity contribution in [2.75, 3.05) is 6.54 Å². The van der Waals surface area contributed by atoms with E-state index in [4.69, 9.17) is 0 Å². The summed E-state index contributed by atoms with van der Waals surface area (Å²) in [6.45, 7) is 4.10. The summed E-state index contributed by atoms with van der Waals surface area (Å²) in [7, 11) is 0. The van der Waals surface area contributed by atoms with Gasteiger partial charge in [0.15, 0.2) is 0 Å². The van der Waals surface area contributed by atoms with Crippen LogP contribution in [0.5, 0.6) is 0 Å². The fraction of sp³-hybridized carbons (Fsp3) is 0.176. The van der Waals surface area contributed by atoms with Gasteiger partial charge in [-0.25, -0.2) is 0 Å². The van der Waals surface area contributed by atoms with Gasteiger partial charge in [0.05, 0.1) is 0 Å². The first-order valence-electron chi connectivity index (χ1n) is 6.55. The van der Waals surface area contributed by atoms with Crippen molar-refractivity contribution in [2.45, 2.75) is 12.3 Å². The van der Waals surface area contributed by atoms with E-state index >= 15 is 0 Å². The lowest BCUT2D eigenvalue weighted by atomic mass is 9.93. The molecule has 1 N–H and O–H groups in total. The summed E-state index contributed by atoms with van der Waals surface area (Å²) in [5.74, 6) is 0.227. The molecule has 0 aromatic heterocycles. The molecule has 2 aromatic rings. The molecule has 2 nitrogen and oxygen atoms in total. The van der Waals surface area contributed by atoms with E-state index in [-0.39, 0.29) is 11.8 Å². The molecule has 2 aromatic carbocycles. The van der Waals surface area contributed by atoms with Crippen molar-refractivity contribution in [3.05, 3.63) is 66.6 Å². The molecule has 0 unspecified atom stereocenters. The second-order valence-electron chi connectivity index (χ2n) is 4.78. The molecule has 1 aliphatic carbocycles. The molecule has 0 saturated heterocycles. The standard InChI is InChI=1S/C17H16NO/c1-2-18-17(19)11-16-14-9-5-3-7-12(14)13-8-4-6-10-15(13)16/h3-10,16H,1-2,11H2,(H,18,19). The third-order valence-corrected chi connectivity index (χ3v) is 3.67. The van der Waals surface area contributed by atoms with Gasteiger partial charge in [0.2, 0.25) is 5.91 Å². The van der Waals surface area contributed by atoms with Crippen LogP contribution in [0.4, 0.5) is 0 Å². The van der Waals surface area contributed by atoms with Gasteiger partial charge in [0, 0.05) is 18.9 Å². The normalized spacial score (nSPS) is 12.9. The number of amides is 1. The van der Waals surface area contributed by atoms with E-state index in [2.05, 4.69) is 36.5 Å². The van der Waals surface area contributed by atoms with Gasteiger partial charge in [-0.1, -0.05) is 48.5 Å². The van der Waals surface area contributed by atoms with Gasteiger partial charge in [-0.2, -0.15) is 0 Å². The number of carbonyl (C=O) groups is 1. The largest absolute Gasteiger partial charge is 0.356 e. The van der Waals surface area contributed by atoms with Gasteiger partial charge in [-0.05, 0) is 29.2 Å². The minimum absolute atomic E-state index is 0.0616. The number of fused-ring (bicyclic) bond motifs is 3. The average Bonchev–Trinajstić information content (AvgIpc) is 2.75. The highest BCUT2D eigenvalue weighted by molar-refractivity contribution is 5.84. The molecule has 0 fully saturated rings. The minimum atomic E-state index is 0.0616. The predicted octanol–water partition coefficient (Wildman–Crippen LogP) is 3.14. The molecule has 3 rings (SSSR count). The number of rotatable bonds is 3. The molecule has 0 spiro atoms. The van der Waals surface area contributed by atoms with Crippen LogP contribution in [0.2, 0.25) is 0 Å². The van der Waals surface area contributed by atoms with Crippen molar-refractivity contribution in [1.82, 2.24) is 5.32 Å². The average molecular weight is 250 g/mol. The number of benzene rings is 2. The molecular formula is C17H16NO. The van der Waals surface area contributed by atoms with E-state index in [1.54, 1.807) is 0 Å². The van der Waals surface area contributed by atoms with Crippen molar-refractivity contribution in [2.24, 2.45) is 0 Å². The number of nitrogens with one attached hydrogen (secondary N) is 1. The number of hydrogen-bond donors (Lipinski definition) is 1. The lowest BCUT2D eigenvalue weighted by molar-refractivity contribution is -0.121. The fourth-order valence-corrected chi connectivity index (χ4v) is 2.88. The molecule has 0 atom stereocenters. The quantitative estimate of drug-likeness (QED) is 0.891. The van der Waals surface area contributed by atoms with Crippen LogP contribution < -0.4 is 5.32 Å². The van der Waals surface area contributed by atoms with Gasteiger partial charge < -0.3 is 5.32 Å². The van der Waals surface area contributed by atoms with Gasteiger partial charge >= 0.3 is 0 Å². The Morgan fingerprint density at radius 3 is 2.05 bits per heavy atom. The predicted molar refractivity (Wildman–Crippen MR) is 76.7 cm³/mol. The highest BCUT2D eigenvalue weighted by atomic mass is 16.1. The van der Waals surface area contributed by atoms with Gasteiger partial charge in [0.1, 0.15) is 0 Å². The Morgan fingerprint density at radius 1 is 1.00 bits per heavy atom. The Hall–Kier alpha value is -2.09. The minimum Gasteiger partial charge on any atom is -0.356 e. The Morgan fingerprint density at radius 2 is 1.53 bits per heavy atom. The van der Waals surface area contributed by atoms with Crippen LogP contribution in [0.1, 0.15) is 23.5 Å². The molecule has 2 heteroatoms. The van der Waals surface area contributed by atoms with Gasteiger partial charge in [-0.15, -0.1) is 0 Å². The first kappa shape index (κ1) is 12.0. The van der Waals surface area contributed by atoms with E-state index in [1.165, 1.54) is 22.3 Å². The summed E-state index contributed by atoms with van der Waals surface area (Å²) < 4.78 is 0. The third kappa shape index (κ3) is 2.03. The van der Waals surface area contributed by atoms with Crippen LogP contribution in [0, 0.1) is 6.92 Å². The van der Waals surface area contributed by atoms with Gasteiger partial charge in [0.25, 0.3) is 0 Å². The first-order chi connectivity index (χ1) is 9.31. The topological polar surface area (TPSA) is 29.1 Å². The summed E-state index contributed by atoms with van der Waals surface area (Å²) in [6, 6.07) is 16.7. The molecule has 19 heavy (non-hydrogen) atoms. The van der Waals surface area contributed by atoms with Crippen LogP contribution in [0.3, 0.4) is 0 Å². The summed E-state index contributed by atoms with van der Waals surface area (Å²) in [5, 5.41) is 2.78. The molecule has 0 heterocycles. The zero-order chi connectivity index (χ0) is 13.2. The van der Waals surface area contributed by atoms with Crippen molar-refractivity contribution < 1.29 is 4.79 Å².